The van der Waals surface area contributed by atoms with Gasteiger partial charge in [0.25, 0.3) is 5.91 Å². The van der Waals surface area contributed by atoms with Crippen molar-refractivity contribution in [2.45, 2.75) is 272 Å². The number of aliphatic hydroxyl groups excluding tert-OH is 1. The summed E-state index contributed by atoms with van der Waals surface area (Å²) in [6, 6.07) is -3.61. The van der Waals surface area contributed by atoms with Gasteiger partial charge in [-0.2, -0.15) is 0 Å². The molecule has 7 unspecified atom stereocenters. The Bertz CT molecular complexity index is 3030. The molecule has 3 heterocycles. The molecular weight excluding hydrogens is 1450 g/mol. The van der Waals surface area contributed by atoms with Gasteiger partial charge in [0.15, 0.2) is 55.5 Å². The summed E-state index contributed by atoms with van der Waals surface area (Å²) in [7, 11) is 0. The van der Waals surface area contributed by atoms with E-state index < -0.39 is 195 Å². The largest absolute Gasteiger partial charge is 0.463 e. The van der Waals surface area contributed by atoms with Gasteiger partial charge in [-0.1, -0.05) is 6.92 Å². The highest BCUT2D eigenvalue weighted by molar-refractivity contribution is 5.81. The maximum absolute atomic E-state index is 14.2. The quantitative estimate of drug-likeness (QED) is 0.0250. The summed E-state index contributed by atoms with van der Waals surface area (Å²) in [5.41, 5.74) is 0. The molecule has 0 spiro atoms. The first kappa shape index (κ1) is 94.4. The molecule has 3 rings (SSSR count). The van der Waals surface area contributed by atoms with Gasteiger partial charge in [-0.25, -0.2) is 0 Å². The number of ether oxygens (including phenoxy) is 15. The summed E-state index contributed by atoms with van der Waals surface area (Å²) in [6.07, 6.45) is -14.4. The number of carbonyl (C=O) groups excluding carboxylic acids is 16. The lowest BCUT2D eigenvalue weighted by Gasteiger charge is -2.44. The Morgan fingerprint density at radius 2 is 0.642 bits per heavy atom. The topological polar surface area (TPSA) is 498 Å². The Morgan fingerprint density at radius 1 is 0.358 bits per heavy atom. The molecule has 618 valence electrons. The summed E-state index contributed by atoms with van der Waals surface area (Å²) >= 11 is 0. The fourth-order valence-electron chi connectivity index (χ4n) is 11.9. The molecule has 3 aliphatic rings. The molecule has 16 atom stereocenters. The van der Waals surface area contributed by atoms with Gasteiger partial charge in [-0.15, -0.1) is 0 Å². The number of amides is 7. The van der Waals surface area contributed by atoms with Crippen molar-refractivity contribution in [3.8, 4) is 0 Å². The number of carbonyl (C=O) groups is 16. The fraction of sp³-hybridized carbons (Fsp3) is 0.771. The van der Waals surface area contributed by atoms with Crippen molar-refractivity contribution in [2.24, 2.45) is 0 Å². The second kappa shape index (κ2) is 50.1. The standard InChI is InChI=1S/C70H111N7O32/c1-14-51(90)67(94)77(30-22-28-72-56(92)25-16-19-34-96-69-59(74-40(3)79)65(105-49(12)88)62(102-46(9)85)53(108-69)37-99-43(6)82)32-23-31-76(57(93)26-17-20-35-97-70-60(75-41(4)80)66(106-50(13)89)63(103-47(10)86)54(109-70)38-100-44(7)83)29-21-27-71-55(91)24-15-18-33-95-68-58(73-39(2)78)64(104-48(11)87)61(101-45(8)84)52(107-68)36-98-42(5)81/h51-54,58-66,68-70,90H,14-38H2,1-13H3,(H,71,91)(H,72,92)(H,73,78)(H,74,79)(H,75,80)/t51?,52?,53?,54?,58?,59?,60?,61-,62-,63-,64+,65+,66+,68+,69+,70+/m0/s1. The molecule has 0 radical (unpaired) electrons. The van der Waals surface area contributed by atoms with E-state index in [2.05, 4.69) is 26.6 Å². The van der Waals surface area contributed by atoms with Gasteiger partial charge in [-0.05, 0) is 64.2 Å². The molecule has 3 fully saturated rings. The van der Waals surface area contributed by atoms with Gasteiger partial charge in [0.1, 0.15) is 62.4 Å². The van der Waals surface area contributed by atoms with E-state index in [9.17, 15) is 81.8 Å². The molecule has 6 N–H and O–H groups in total. The molecule has 0 saturated carbocycles. The van der Waals surface area contributed by atoms with E-state index in [0.717, 1.165) is 62.3 Å². The maximum atomic E-state index is 14.2. The van der Waals surface area contributed by atoms with E-state index in [0.29, 0.717) is 12.8 Å². The van der Waals surface area contributed by atoms with Crippen LogP contribution >= 0.6 is 0 Å². The summed E-state index contributed by atoms with van der Waals surface area (Å²) in [6.45, 7) is 14.5. The fourth-order valence-corrected chi connectivity index (χ4v) is 11.9. The van der Waals surface area contributed by atoms with Crippen LogP contribution in [0.2, 0.25) is 0 Å². The number of hydrogen-bond donors (Lipinski definition) is 6. The number of esters is 9. The van der Waals surface area contributed by atoms with E-state index in [1.807, 2.05) is 0 Å². The predicted octanol–water partition coefficient (Wildman–Crippen LogP) is -0.654. The van der Waals surface area contributed by atoms with Crippen LogP contribution in [-0.4, -0.2) is 287 Å². The van der Waals surface area contributed by atoms with E-state index in [-0.39, 0.29) is 147 Å². The Hall–Kier alpha value is -8.76. The summed E-state index contributed by atoms with van der Waals surface area (Å²) in [5, 5.41) is 24.3. The van der Waals surface area contributed by atoms with Gasteiger partial charge in [0.2, 0.25) is 35.4 Å². The lowest BCUT2D eigenvalue weighted by molar-refractivity contribution is -0.277. The van der Waals surface area contributed by atoms with Crippen molar-refractivity contribution in [2.75, 3.05) is 78.9 Å². The van der Waals surface area contributed by atoms with Crippen molar-refractivity contribution in [1.82, 2.24) is 36.4 Å². The zero-order valence-electron chi connectivity index (χ0n) is 64.4. The van der Waals surface area contributed by atoms with Crippen molar-refractivity contribution < 1.29 is 153 Å². The van der Waals surface area contributed by atoms with Crippen LogP contribution in [-0.2, 0) is 148 Å². The van der Waals surface area contributed by atoms with Crippen molar-refractivity contribution in [3.05, 3.63) is 0 Å². The average molecular weight is 1560 g/mol. The molecule has 7 amide bonds. The third kappa shape index (κ3) is 36.5. The minimum atomic E-state index is -1.37. The second-order valence-electron chi connectivity index (χ2n) is 26.0. The molecular formula is C70H111N7O32. The molecule has 0 aromatic heterocycles. The lowest BCUT2D eigenvalue weighted by atomic mass is 9.96. The van der Waals surface area contributed by atoms with Crippen molar-refractivity contribution in [3.63, 3.8) is 0 Å². The minimum Gasteiger partial charge on any atom is -0.463 e. The van der Waals surface area contributed by atoms with Crippen LogP contribution in [0, 0.1) is 0 Å². The highest BCUT2D eigenvalue weighted by Gasteiger charge is 2.54. The van der Waals surface area contributed by atoms with Crippen molar-refractivity contribution in [1.29, 1.82) is 0 Å². The van der Waals surface area contributed by atoms with Crippen LogP contribution in [0.5, 0.6) is 0 Å². The lowest BCUT2D eigenvalue weighted by Crippen LogP contribution is -2.66. The molecule has 0 aliphatic carbocycles. The van der Waals surface area contributed by atoms with Gasteiger partial charge in [-0.3, -0.25) is 76.7 Å². The molecule has 3 saturated heterocycles. The number of aliphatic hydroxyl groups is 1. The molecule has 39 nitrogen and oxygen atoms in total. The average Bonchev–Trinajstić information content (AvgIpc) is 0.800. The summed E-state index contributed by atoms with van der Waals surface area (Å²) < 4.78 is 84.6. The Labute approximate surface area is 632 Å². The highest BCUT2D eigenvalue weighted by Crippen LogP contribution is 2.32. The Balaban J connectivity index is 1.72. The number of nitrogens with one attached hydrogen (secondary N) is 5. The normalized spacial score (nSPS) is 23.8. The van der Waals surface area contributed by atoms with Gasteiger partial charge in [0.05, 0.1) is 0 Å². The molecule has 39 heteroatoms. The zero-order chi connectivity index (χ0) is 81.4. The van der Waals surface area contributed by atoms with Crippen molar-refractivity contribution >= 4 is 95.1 Å². The van der Waals surface area contributed by atoms with Gasteiger partial charge in [0, 0.05) is 161 Å². The molecule has 0 aromatic rings. The van der Waals surface area contributed by atoms with E-state index in [1.165, 1.54) is 25.7 Å². The van der Waals surface area contributed by atoms with Gasteiger partial charge >= 0.3 is 53.7 Å². The third-order valence-corrected chi connectivity index (χ3v) is 16.5. The highest BCUT2D eigenvalue weighted by atomic mass is 16.7. The monoisotopic (exact) mass is 1560 g/mol. The molecule has 0 bridgehead atoms. The first-order valence-corrected chi connectivity index (χ1v) is 36.4. The minimum absolute atomic E-state index is 0.0254. The smallest absolute Gasteiger partial charge is 0.303 e. The van der Waals surface area contributed by atoms with E-state index in [4.69, 9.17) is 71.1 Å². The zero-order valence-corrected chi connectivity index (χ0v) is 64.4. The number of nitrogens with zero attached hydrogens (tertiary/aromatic N) is 2. The third-order valence-electron chi connectivity index (χ3n) is 16.5. The predicted molar refractivity (Wildman–Crippen MR) is 371 cm³/mol. The van der Waals surface area contributed by atoms with E-state index >= 15 is 0 Å². The maximum Gasteiger partial charge on any atom is 0.303 e. The second-order valence-corrected chi connectivity index (χ2v) is 26.0. The van der Waals surface area contributed by atoms with Crippen LogP contribution in [0.15, 0.2) is 0 Å². The van der Waals surface area contributed by atoms with Crippen LogP contribution in [0.4, 0.5) is 0 Å². The first-order chi connectivity index (χ1) is 51.5. The Morgan fingerprint density at radius 3 is 0.936 bits per heavy atom. The number of unbranched alkanes of at least 4 members (excludes halogenated alkanes) is 3. The summed E-state index contributed by atoms with van der Waals surface area (Å²) in [4.78, 5) is 203. The number of rotatable bonds is 47. The van der Waals surface area contributed by atoms with Crippen LogP contribution in [0.1, 0.15) is 173 Å². The number of hydrogen-bond acceptors (Lipinski definition) is 32. The van der Waals surface area contributed by atoms with Crippen LogP contribution < -0.4 is 26.6 Å². The van der Waals surface area contributed by atoms with Gasteiger partial charge < -0.3 is 113 Å². The first-order valence-electron chi connectivity index (χ1n) is 36.4. The SMILES string of the molecule is CCC(O)C(=O)N(CCCNC(=O)CCCCO[C@@H]1OC(COC(C)=O)[C@H](OC(C)=O)[C@H](OC(C)=O)C1NC(C)=O)CCCN(CCCNC(=O)CCCCO[C@@H]1OC(COC(C)=O)[C@H](OC(C)=O)[C@H](OC(C)=O)C1NC(C)=O)C(=O)CCCCO[C@@H]1OC(COC(C)=O)[C@H](OC(C)=O)[C@H](OC(C)=O)C1NC(C)=O. The molecule has 109 heavy (non-hydrogen) atoms. The van der Waals surface area contributed by atoms with Crippen LogP contribution in [0.25, 0.3) is 0 Å². The Kier molecular flexibility index (Phi) is 43.4. The summed E-state index contributed by atoms with van der Waals surface area (Å²) in [5.74, 6) is -10.0. The van der Waals surface area contributed by atoms with E-state index in [1.54, 1.807) is 11.8 Å². The van der Waals surface area contributed by atoms with Crippen LogP contribution in [0.3, 0.4) is 0 Å². The molecule has 3 aliphatic heterocycles. The molecule has 0 aromatic carbocycles.